The lowest BCUT2D eigenvalue weighted by Crippen LogP contribution is -2.31. The summed E-state index contributed by atoms with van der Waals surface area (Å²) in [5.41, 5.74) is 0.587. The van der Waals surface area contributed by atoms with Gasteiger partial charge < -0.3 is 23.7 Å². The highest BCUT2D eigenvalue weighted by Crippen LogP contribution is 2.16. The average molecular weight is 520 g/mol. The molecule has 1 atom stereocenters. The molecule has 0 N–H and O–H groups in total. The molecule has 0 saturated heterocycles. The summed E-state index contributed by atoms with van der Waals surface area (Å²) in [5.74, 6) is -2.67. The van der Waals surface area contributed by atoms with Gasteiger partial charge in [0.1, 0.15) is 24.7 Å². The van der Waals surface area contributed by atoms with Crippen molar-refractivity contribution in [2.45, 2.75) is 20.0 Å². The zero-order chi connectivity index (χ0) is 27.5. The molecule has 0 aromatic heterocycles. The maximum atomic E-state index is 12.7. The van der Waals surface area contributed by atoms with E-state index < -0.39 is 42.6 Å². The van der Waals surface area contributed by atoms with Crippen LogP contribution in [0, 0.1) is 0 Å². The summed E-state index contributed by atoms with van der Waals surface area (Å²) in [6.45, 7) is 1.70. The molecule has 38 heavy (non-hydrogen) atoms. The van der Waals surface area contributed by atoms with E-state index in [0.717, 1.165) is 0 Å². The van der Waals surface area contributed by atoms with E-state index in [-0.39, 0.29) is 29.2 Å². The quantitative estimate of drug-likeness (QED) is 0.221. The van der Waals surface area contributed by atoms with Gasteiger partial charge in [-0.1, -0.05) is 18.2 Å². The minimum Gasteiger partial charge on any atom is -0.458 e. The number of benzene rings is 3. The van der Waals surface area contributed by atoms with Crippen molar-refractivity contribution in [2.75, 3.05) is 13.2 Å². The van der Waals surface area contributed by atoms with E-state index in [2.05, 4.69) is 0 Å². The van der Waals surface area contributed by atoms with Crippen molar-refractivity contribution < 1.29 is 47.7 Å². The number of esters is 5. The van der Waals surface area contributed by atoms with Crippen LogP contribution in [0.5, 0.6) is 11.5 Å². The van der Waals surface area contributed by atoms with E-state index in [4.69, 9.17) is 23.7 Å². The number of carbonyl (C=O) groups excluding carboxylic acids is 5. The van der Waals surface area contributed by atoms with Crippen LogP contribution in [0.2, 0.25) is 0 Å². The summed E-state index contributed by atoms with van der Waals surface area (Å²) in [6, 6.07) is 19.5. The Labute approximate surface area is 218 Å². The molecule has 0 aliphatic heterocycles. The summed E-state index contributed by atoms with van der Waals surface area (Å²) in [4.78, 5) is 59.7. The normalized spacial score (nSPS) is 11.0. The van der Waals surface area contributed by atoms with E-state index in [0.29, 0.717) is 5.56 Å². The predicted molar refractivity (Wildman–Crippen MR) is 132 cm³/mol. The first-order chi connectivity index (χ1) is 18.2. The van der Waals surface area contributed by atoms with Gasteiger partial charge in [-0.15, -0.1) is 0 Å². The molecule has 3 aromatic rings. The highest BCUT2D eigenvalue weighted by molar-refractivity contribution is 5.91. The fourth-order valence-electron chi connectivity index (χ4n) is 3.06. The Morgan fingerprint density at radius 2 is 0.947 bits per heavy atom. The Kier molecular flexibility index (Phi) is 9.70. The Balaban J connectivity index is 1.66. The Bertz CT molecular complexity index is 1280. The molecule has 10 heteroatoms. The molecule has 0 spiro atoms. The minimum absolute atomic E-state index is 0.132. The van der Waals surface area contributed by atoms with Crippen LogP contribution in [0.25, 0.3) is 0 Å². The number of hydrogen-bond acceptors (Lipinski definition) is 10. The molecule has 0 amide bonds. The Morgan fingerprint density at radius 3 is 1.37 bits per heavy atom. The topological polar surface area (TPSA) is 132 Å². The van der Waals surface area contributed by atoms with Crippen LogP contribution in [0.1, 0.15) is 44.9 Å². The van der Waals surface area contributed by atoms with Crippen LogP contribution in [0.3, 0.4) is 0 Å². The van der Waals surface area contributed by atoms with Crippen molar-refractivity contribution in [2.24, 2.45) is 0 Å². The average Bonchev–Trinajstić information content (AvgIpc) is 2.90. The first-order valence-corrected chi connectivity index (χ1v) is 11.4. The molecule has 196 valence electrons. The number of ether oxygens (including phenoxy) is 5. The molecule has 1 unspecified atom stereocenters. The van der Waals surface area contributed by atoms with Crippen LogP contribution in [-0.4, -0.2) is 49.2 Å². The largest absolute Gasteiger partial charge is 0.458 e. The third-order valence-electron chi connectivity index (χ3n) is 4.79. The van der Waals surface area contributed by atoms with Crippen LogP contribution < -0.4 is 9.47 Å². The van der Waals surface area contributed by atoms with E-state index in [1.54, 1.807) is 30.3 Å². The van der Waals surface area contributed by atoms with E-state index in [1.807, 2.05) is 0 Å². The zero-order valence-electron chi connectivity index (χ0n) is 20.6. The highest BCUT2D eigenvalue weighted by atomic mass is 16.6. The molecule has 3 aromatic carbocycles. The van der Waals surface area contributed by atoms with Crippen molar-refractivity contribution in [1.82, 2.24) is 0 Å². The van der Waals surface area contributed by atoms with Crippen LogP contribution in [-0.2, 0) is 23.8 Å². The smallest absolute Gasteiger partial charge is 0.338 e. The molecule has 0 aliphatic rings. The Morgan fingerprint density at radius 1 is 0.553 bits per heavy atom. The molecular formula is C28H24O10. The minimum atomic E-state index is -1.13. The van der Waals surface area contributed by atoms with Gasteiger partial charge in [0, 0.05) is 13.8 Å². The van der Waals surface area contributed by atoms with E-state index in [9.17, 15) is 24.0 Å². The lowest BCUT2D eigenvalue weighted by Gasteiger charge is -2.18. The molecule has 0 saturated carbocycles. The highest BCUT2D eigenvalue weighted by Gasteiger charge is 2.22. The summed E-state index contributed by atoms with van der Waals surface area (Å²) in [7, 11) is 0. The van der Waals surface area contributed by atoms with Gasteiger partial charge in [-0.2, -0.15) is 0 Å². The van der Waals surface area contributed by atoms with Crippen LogP contribution >= 0.6 is 0 Å². The van der Waals surface area contributed by atoms with Crippen LogP contribution in [0.15, 0.2) is 78.9 Å². The van der Waals surface area contributed by atoms with Gasteiger partial charge in [0.25, 0.3) is 0 Å². The predicted octanol–water partition coefficient (Wildman–Crippen LogP) is 3.78. The van der Waals surface area contributed by atoms with Crippen molar-refractivity contribution in [1.29, 1.82) is 0 Å². The molecule has 3 rings (SSSR count). The first-order valence-electron chi connectivity index (χ1n) is 11.4. The summed E-state index contributed by atoms with van der Waals surface area (Å²) >= 11 is 0. The van der Waals surface area contributed by atoms with E-state index >= 15 is 0 Å². The summed E-state index contributed by atoms with van der Waals surface area (Å²) in [6.07, 6.45) is -1.13. The molecule has 0 radical (unpaired) electrons. The van der Waals surface area contributed by atoms with Crippen molar-refractivity contribution >= 4 is 29.8 Å². The van der Waals surface area contributed by atoms with Gasteiger partial charge in [0.2, 0.25) is 0 Å². The van der Waals surface area contributed by atoms with Gasteiger partial charge in [0.05, 0.1) is 16.7 Å². The fourth-order valence-corrected chi connectivity index (χ4v) is 3.06. The second-order valence-corrected chi connectivity index (χ2v) is 7.83. The second kappa shape index (κ2) is 13.4. The van der Waals surface area contributed by atoms with Crippen molar-refractivity contribution in [3.8, 4) is 11.5 Å². The van der Waals surface area contributed by atoms with Gasteiger partial charge in [0.15, 0.2) is 6.10 Å². The molecule has 10 nitrogen and oxygen atoms in total. The standard InChI is InChI=1S/C28H24O10/c1-18(29)36-23-12-8-21(9-13-23)27(32)35-17-25(16-34-26(31)20-6-4-3-5-7-20)38-28(33)22-10-14-24(15-11-22)37-19(2)30/h3-15,25H,16-17H2,1-2H3. The van der Waals surface area contributed by atoms with Gasteiger partial charge in [-0.25, -0.2) is 14.4 Å². The number of rotatable bonds is 10. The van der Waals surface area contributed by atoms with Crippen LogP contribution in [0.4, 0.5) is 0 Å². The van der Waals surface area contributed by atoms with Gasteiger partial charge >= 0.3 is 29.8 Å². The third kappa shape index (κ3) is 8.59. The lowest BCUT2D eigenvalue weighted by atomic mass is 10.2. The van der Waals surface area contributed by atoms with E-state index in [1.165, 1.54) is 62.4 Å². The number of hydrogen-bond donors (Lipinski definition) is 0. The summed E-state index contributed by atoms with van der Waals surface area (Å²) < 4.78 is 25.8. The van der Waals surface area contributed by atoms with Crippen molar-refractivity contribution in [3.05, 3.63) is 95.6 Å². The maximum absolute atomic E-state index is 12.7. The third-order valence-corrected chi connectivity index (χ3v) is 4.79. The Hall–Kier alpha value is -4.99. The molecular weight excluding hydrogens is 496 g/mol. The second-order valence-electron chi connectivity index (χ2n) is 7.83. The molecule has 0 fully saturated rings. The monoisotopic (exact) mass is 520 g/mol. The molecule has 0 heterocycles. The first kappa shape index (κ1) is 27.6. The fraction of sp³-hybridized carbons (Fsp3) is 0.179. The number of carbonyl (C=O) groups is 5. The molecule has 0 aliphatic carbocycles. The lowest BCUT2D eigenvalue weighted by molar-refractivity contribution is -0.132. The molecule has 0 bridgehead atoms. The van der Waals surface area contributed by atoms with Gasteiger partial charge in [-0.3, -0.25) is 9.59 Å². The SMILES string of the molecule is CC(=O)Oc1ccc(C(=O)OCC(COC(=O)c2ccccc2)OC(=O)c2ccc(OC(C)=O)cc2)cc1. The van der Waals surface area contributed by atoms with Crippen molar-refractivity contribution in [3.63, 3.8) is 0 Å². The van der Waals surface area contributed by atoms with Gasteiger partial charge in [-0.05, 0) is 60.7 Å². The maximum Gasteiger partial charge on any atom is 0.338 e. The summed E-state index contributed by atoms with van der Waals surface area (Å²) in [5, 5.41) is 0. The zero-order valence-corrected chi connectivity index (χ0v) is 20.6.